The lowest BCUT2D eigenvalue weighted by Gasteiger charge is -2.13. The molecule has 1 N–H and O–H groups in total. The molecule has 2 atom stereocenters. The summed E-state index contributed by atoms with van der Waals surface area (Å²) in [6.07, 6.45) is -0.722. The van der Waals surface area contributed by atoms with Crippen molar-refractivity contribution >= 4 is 15.9 Å². The van der Waals surface area contributed by atoms with Gasteiger partial charge in [0.2, 0.25) is 0 Å². The molecule has 1 nitrogen and oxygen atoms in total. The molecule has 1 unspecified atom stereocenters. The molecular weight excluding hydrogens is 242 g/mol. The fourth-order valence-corrected chi connectivity index (χ4v) is 1.36. The van der Waals surface area contributed by atoms with Gasteiger partial charge in [0.15, 0.2) is 0 Å². The largest absolute Gasteiger partial charge is 0.392 e. The topological polar surface area (TPSA) is 20.2 Å². The predicted molar refractivity (Wildman–Crippen MR) is 49.7 cm³/mol. The summed E-state index contributed by atoms with van der Waals surface area (Å²) < 4.78 is 25.6. The van der Waals surface area contributed by atoms with E-state index >= 15 is 0 Å². The Labute approximate surface area is 83.5 Å². The highest BCUT2D eigenvalue weighted by Gasteiger charge is 2.17. The molecule has 1 aromatic rings. The number of alkyl halides is 1. The Morgan fingerprint density at radius 1 is 1.38 bits per heavy atom. The molecule has 1 rings (SSSR count). The van der Waals surface area contributed by atoms with Gasteiger partial charge in [0, 0.05) is 11.6 Å². The van der Waals surface area contributed by atoms with Gasteiger partial charge in [-0.1, -0.05) is 22.0 Å². The average Bonchev–Trinajstić information content (AvgIpc) is 2.03. The van der Waals surface area contributed by atoms with Crippen molar-refractivity contribution in [1.82, 2.24) is 0 Å². The maximum absolute atomic E-state index is 13.1. The van der Waals surface area contributed by atoms with Crippen LogP contribution in [0.4, 0.5) is 8.78 Å². The van der Waals surface area contributed by atoms with E-state index in [-0.39, 0.29) is 5.56 Å². The molecule has 0 bridgehead atoms. The summed E-state index contributed by atoms with van der Waals surface area (Å²) in [4.78, 5) is -0.506. The third-order valence-electron chi connectivity index (χ3n) is 1.68. The van der Waals surface area contributed by atoms with E-state index in [0.717, 1.165) is 12.1 Å². The van der Waals surface area contributed by atoms with Crippen LogP contribution in [-0.2, 0) is 0 Å². The molecule has 0 aromatic heterocycles. The van der Waals surface area contributed by atoms with Gasteiger partial charge < -0.3 is 5.11 Å². The average molecular weight is 251 g/mol. The maximum atomic E-state index is 13.1. The highest BCUT2D eigenvalue weighted by atomic mass is 79.9. The normalized spacial score (nSPS) is 15.5. The third-order valence-corrected chi connectivity index (χ3v) is 2.94. The monoisotopic (exact) mass is 250 g/mol. The molecule has 0 spiro atoms. The second kappa shape index (κ2) is 4.15. The summed E-state index contributed by atoms with van der Waals surface area (Å²) in [5.41, 5.74) is 0.261. The molecule has 0 aliphatic rings. The van der Waals surface area contributed by atoms with E-state index in [2.05, 4.69) is 15.9 Å². The number of benzene rings is 1. The Bertz CT molecular complexity index is 302. The molecule has 0 aliphatic carbocycles. The summed E-state index contributed by atoms with van der Waals surface area (Å²) in [5.74, 6) is -1.27. The molecule has 0 radical (unpaired) electrons. The Morgan fingerprint density at radius 2 is 2.00 bits per heavy atom. The van der Waals surface area contributed by atoms with E-state index in [4.69, 9.17) is 5.11 Å². The van der Waals surface area contributed by atoms with E-state index < -0.39 is 22.6 Å². The van der Waals surface area contributed by atoms with Crippen molar-refractivity contribution in [2.45, 2.75) is 17.9 Å². The van der Waals surface area contributed by atoms with Crippen molar-refractivity contribution in [2.24, 2.45) is 0 Å². The van der Waals surface area contributed by atoms with Crippen molar-refractivity contribution in [2.75, 3.05) is 0 Å². The third kappa shape index (κ3) is 2.48. The summed E-state index contributed by atoms with van der Waals surface area (Å²) >= 11 is 3.11. The Kier molecular flexibility index (Phi) is 3.39. The SMILES string of the molecule is C[C@@H](O)C(Br)c1ccc(F)cc1F. The van der Waals surface area contributed by atoms with Crippen LogP contribution in [0.2, 0.25) is 0 Å². The van der Waals surface area contributed by atoms with Crippen LogP contribution in [-0.4, -0.2) is 11.2 Å². The lowest BCUT2D eigenvalue weighted by Crippen LogP contribution is -2.09. The van der Waals surface area contributed by atoms with Gasteiger partial charge in [0.05, 0.1) is 10.9 Å². The number of hydrogen-bond acceptors (Lipinski definition) is 1. The van der Waals surface area contributed by atoms with Crippen LogP contribution in [0.5, 0.6) is 0 Å². The van der Waals surface area contributed by atoms with Gasteiger partial charge >= 0.3 is 0 Å². The molecule has 0 saturated heterocycles. The quantitative estimate of drug-likeness (QED) is 0.801. The van der Waals surface area contributed by atoms with E-state index in [1.807, 2.05) is 0 Å². The lowest BCUT2D eigenvalue weighted by molar-refractivity contribution is 0.192. The van der Waals surface area contributed by atoms with Crippen molar-refractivity contribution in [3.63, 3.8) is 0 Å². The van der Waals surface area contributed by atoms with Gasteiger partial charge in [-0.2, -0.15) is 0 Å². The van der Waals surface area contributed by atoms with E-state index in [1.165, 1.54) is 13.0 Å². The summed E-state index contributed by atoms with van der Waals surface area (Å²) in [7, 11) is 0. The van der Waals surface area contributed by atoms with Crippen molar-refractivity contribution in [3.8, 4) is 0 Å². The highest BCUT2D eigenvalue weighted by Crippen LogP contribution is 2.28. The van der Waals surface area contributed by atoms with Crippen LogP contribution in [0, 0.1) is 11.6 Å². The van der Waals surface area contributed by atoms with Crippen LogP contribution < -0.4 is 0 Å². The van der Waals surface area contributed by atoms with Gasteiger partial charge in [-0.05, 0) is 13.0 Å². The molecule has 72 valence electrons. The predicted octanol–water partition coefficient (Wildman–Crippen LogP) is 2.78. The first-order valence-electron chi connectivity index (χ1n) is 3.79. The minimum absolute atomic E-state index is 0.261. The summed E-state index contributed by atoms with van der Waals surface area (Å²) in [6.45, 7) is 1.53. The van der Waals surface area contributed by atoms with Gasteiger partial charge in [0.1, 0.15) is 11.6 Å². The van der Waals surface area contributed by atoms with Crippen LogP contribution >= 0.6 is 15.9 Å². The van der Waals surface area contributed by atoms with Gasteiger partial charge in [-0.3, -0.25) is 0 Å². The second-order valence-electron chi connectivity index (χ2n) is 2.81. The van der Waals surface area contributed by atoms with Crippen molar-refractivity contribution in [3.05, 3.63) is 35.4 Å². The molecule has 0 amide bonds. The number of aliphatic hydroxyl groups excluding tert-OH is 1. The molecule has 0 saturated carbocycles. The number of rotatable bonds is 2. The summed E-state index contributed by atoms with van der Waals surface area (Å²) in [6, 6.07) is 3.28. The minimum atomic E-state index is -0.722. The maximum Gasteiger partial charge on any atom is 0.130 e. The van der Waals surface area contributed by atoms with Gasteiger partial charge in [0.25, 0.3) is 0 Å². The molecule has 13 heavy (non-hydrogen) atoms. The zero-order valence-corrected chi connectivity index (χ0v) is 8.55. The van der Waals surface area contributed by atoms with Crippen LogP contribution in [0.15, 0.2) is 18.2 Å². The van der Waals surface area contributed by atoms with Crippen LogP contribution in [0.3, 0.4) is 0 Å². The Morgan fingerprint density at radius 3 is 2.46 bits per heavy atom. The fourth-order valence-electron chi connectivity index (χ4n) is 0.985. The second-order valence-corrected chi connectivity index (χ2v) is 3.79. The molecule has 0 heterocycles. The lowest BCUT2D eigenvalue weighted by atomic mass is 10.1. The zero-order chi connectivity index (χ0) is 10.0. The minimum Gasteiger partial charge on any atom is -0.392 e. The van der Waals surface area contributed by atoms with Crippen LogP contribution in [0.25, 0.3) is 0 Å². The first kappa shape index (κ1) is 10.6. The summed E-state index contributed by atoms with van der Waals surface area (Å²) in [5, 5.41) is 9.16. The Hall–Kier alpha value is -0.480. The zero-order valence-electron chi connectivity index (χ0n) is 6.97. The Balaban J connectivity index is 3.01. The molecule has 0 fully saturated rings. The number of aliphatic hydroxyl groups is 1. The molecule has 4 heteroatoms. The van der Waals surface area contributed by atoms with E-state index in [9.17, 15) is 8.78 Å². The van der Waals surface area contributed by atoms with E-state index in [0.29, 0.717) is 0 Å². The van der Waals surface area contributed by atoms with Gasteiger partial charge in [-0.15, -0.1) is 0 Å². The standard InChI is InChI=1S/C9H9BrF2O/c1-5(13)9(10)7-3-2-6(11)4-8(7)12/h2-5,9,13H,1H3/t5-,9?/m1/s1. The van der Waals surface area contributed by atoms with Crippen LogP contribution in [0.1, 0.15) is 17.3 Å². The van der Waals surface area contributed by atoms with Crippen molar-refractivity contribution < 1.29 is 13.9 Å². The van der Waals surface area contributed by atoms with Crippen molar-refractivity contribution in [1.29, 1.82) is 0 Å². The first-order valence-corrected chi connectivity index (χ1v) is 4.71. The molecule has 1 aromatic carbocycles. The molecular formula is C9H9BrF2O. The molecule has 0 aliphatic heterocycles. The van der Waals surface area contributed by atoms with E-state index in [1.54, 1.807) is 0 Å². The highest BCUT2D eigenvalue weighted by molar-refractivity contribution is 9.09. The number of hydrogen-bond donors (Lipinski definition) is 1. The fraction of sp³-hybridized carbons (Fsp3) is 0.333. The smallest absolute Gasteiger partial charge is 0.130 e. The first-order chi connectivity index (χ1) is 6.02. The number of halogens is 3. The van der Waals surface area contributed by atoms with Gasteiger partial charge in [-0.25, -0.2) is 8.78 Å².